The number of methoxy groups -OCH3 is 2. The summed E-state index contributed by atoms with van der Waals surface area (Å²) in [5, 5.41) is 29.1. The lowest BCUT2D eigenvalue weighted by Gasteiger charge is -2.28. The van der Waals surface area contributed by atoms with Crippen molar-refractivity contribution in [3.8, 4) is 28.5 Å². The molecule has 0 amide bonds. The average Bonchev–Trinajstić information content (AvgIpc) is 3.48. The SMILES string of the molecule is COc1cc(C(=O)CCC(O)(Cn2nccn2)c2ccc(OC)c(-c3ccc(F)c(Cl)c3)n2)ccc1OCCO. The van der Waals surface area contributed by atoms with Gasteiger partial charge < -0.3 is 24.4 Å². The van der Waals surface area contributed by atoms with Crippen LogP contribution >= 0.6 is 11.6 Å². The summed E-state index contributed by atoms with van der Waals surface area (Å²) in [4.78, 5) is 19.2. The second-order valence-corrected chi connectivity index (χ2v) is 9.24. The zero-order valence-corrected chi connectivity index (χ0v) is 22.6. The van der Waals surface area contributed by atoms with Crippen molar-refractivity contribution in [1.82, 2.24) is 20.0 Å². The molecule has 1 atom stereocenters. The van der Waals surface area contributed by atoms with Crippen molar-refractivity contribution in [3.63, 3.8) is 0 Å². The third-order valence-corrected chi connectivity index (χ3v) is 6.51. The van der Waals surface area contributed by atoms with E-state index >= 15 is 0 Å². The van der Waals surface area contributed by atoms with Gasteiger partial charge in [-0.15, -0.1) is 0 Å². The van der Waals surface area contributed by atoms with E-state index in [0.29, 0.717) is 34.1 Å². The van der Waals surface area contributed by atoms with Crippen LogP contribution in [0.3, 0.4) is 0 Å². The highest BCUT2D eigenvalue weighted by molar-refractivity contribution is 6.31. The average molecular weight is 571 g/mol. The number of hydrogen-bond donors (Lipinski definition) is 2. The fourth-order valence-corrected chi connectivity index (χ4v) is 4.33. The number of carbonyl (C=O) groups excluding carboxylic acids is 1. The lowest BCUT2D eigenvalue weighted by atomic mass is 9.90. The van der Waals surface area contributed by atoms with E-state index in [1.165, 1.54) is 49.6 Å². The van der Waals surface area contributed by atoms with Gasteiger partial charge in [0.25, 0.3) is 0 Å². The minimum Gasteiger partial charge on any atom is -0.494 e. The van der Waals surface area contributed by atoms with Crippen molar-refractivity contribution in [2.75, 3.05) is 27.4 Å². The maximum atomic E-state index is 13.8. The first-order chi connectivity index (χ1) is 19.3. The van der Waals surface area contributed by atoms with E-state index in [1.54, 1.807) is 30.3 Å². The number of hydrogen-bond acceptors (Lipinski definition) is 9. The maximum absolute atomic E-state index is 13.8. The van der Waals surface area contributed by atoms with Crippen LogP contribution in [0.25, 0.3) is 11.3 Å². The van der Waals surface area contributed by atoms with Crippen molar-refractivity contribution in [1.29, 1.82) is 0 Å². The predicted molar refractivity (Wildman–Crippen MR) is 144 cm³/mol. The molecule has 4 rings (SSSR count). The van der Waals surface area contributed by atoms with Gasteiger partial charge in [-0.2, -0.15) is 15.0 Å². The second-order valence-electron chi connectivity index (χ2n) is 8.83. The molecule has 0 radical (unpaired) electrons. The Balaban J connectivity index is 1.65. The molecular formula is C28H28ClFN4O6. The van der Waals surface area contributed by atoms with Gasteiger partial charge in [0.2, 0.25) is 0 Å². The lowest BCUT2D eigenvalue weighted by molar-refractivity contribution is -0.00258. The number of nitrogens with zero attached hydrogens (tertiary/aromatic N) is 4. The number of benzene rings is 2. The molecule has 2 N–H and O–H groups in total. The second kappa shape index (κ2) is 12.9. The molecule has 1 unspecified atom stereocenters. The highest BCUT2D eigenvalue weighted by atomic mass is 35.5. The number of aliphatic hydroxyl groups excluding tert-OH is 1. The smallest absolute Gasteiger partial charge is 0.163 e. The minimum absolute atomic E-state index is 0.0264. The molecule has 0 spiro atoms. The number of ether oxygens (including phenoxy) is 3. The first-order valence-electron chi connectivity index (χ1n) is 12.3. The van der Waals surface area contributed by atoms with E-state index in [2.05, 4.69) is 15.2 Å². The van der Waals surface area contributed by atoms with Crippen LogP contribution in [0.2, 0.25) is 5.02 Å². The van der Waals surface area contributed by atoms with E-state index in [-0.39, 0.29) is 49.1 Å². The standard InChI is InChI=1S/C28H28ClFN4O6/c1-38-24-7-8-26(33-27(24)19-3-5-21(30)20(29)15-19)28(37,17-34-31-11-12-32-34)10-9-22(36)18-4-6-23(40-14-13-35)25(16-18)39-2/h3-8,11-12,15-16,35,37H,9-10,13-14,17H2,1-2H3. The molecule has 10 nitrogen and oxygen atoms in total. The summed E-state index contributed by atoms with van der Waals surface area (Å²) in [6.45, 7) is -0.171. The van der Waals surface area contributed by atoms with Gasteiger partial charge in [0.1, 0.15) is 29.5 Å². The van der Waals surface area contributed by atoms with Crippen molar-refractivity contribution in [3.05, 3.63) is 83.0 Å². The number of ketones is 1. The van der Waals surface area contributed by atoms with Gasteiger partial charge in [0, 0.05) is 17.5 Å². The Labute approximate surface area is 234 Å². The van der Waals surface area contributed by atoms with E-state index in [1.807, 2.05) is 0 Å². The first kappa shape index (κ1) is 28.9. The topological polar surface area (TPSA) is 129 Å². The molecule has 0 aliphatic rings. The Morgan fingerprint density at radius 1 is 1.02 bits per heavy atom. The fourth-order valence-electron chi connectivity index (χ4n) is 4.15. The Hall–Kier alpha value is -4.06. The summed E-state index contributed by atoms with van der Waals surface area (Å²) in [5.74, 6) is 0.292. The molecule has 0 saturated heterocycles. The van der Waals surface area contributed by atoms with Crippen molar-refractivity contribution in [2.24, 2.45) is 0 Å². The van der Waals surface area contributed by atoms with Gasteiger partial charge in [-0.25, -0.2) is 9.37 Å². The van der Waals surface area contributed by atoms with Crippen LogP contribution in [0.1, 0.15) is 28.9 Å². The molecule has 0 fully saturated rings. The highest BCUT2D eigenvalue weighted by Gasteiger charge is 2.34. The lowest BCUT2D eigenvalue weighted by Crippen LogP contribution is -2.34. The molecule has 2 aromatic heterocycles. The number of halogens is 2. The molecule has 210 valence electrons. The van der Waals surface area contributed by atoms with Crippen molar-refractivity contribution < 1.29 is 33.6 Å². The van der Waals surface area contributed by atoms with Gasteiger partial charge in [-0.05, 0) is 55.0 Å². The summed E-state index contributed by atoms with van der Waals surface area (Å²) < 4.78 is 30.0. The van der Waals surface area contributed by atoms with E-state index in [9.17, 15) is 14.3 Å². The molecule has 40 heavy (non-hydrogen) atoms. The first-order valence-corrected chi connectivity index (χ1v) is 12.7. The zero-order valence-electron chi connectivity index (χ0n) is 21.9. The van der Waals surface area contributed by atoms with E-state index in [0.717, 1.165) is 0 Å². The number of rotatable bonds is 13. The molecule has 0 saturated carbocycles. The normalized spacial score (nSPS) is 12.6. The summed E-state index contributed by atoms with van der Waals surface area (Å²) in [5.41, 5.74) is -0.260. The van der Waals surface area contributed by atoms with Crippen LogP contribution in [0.5, 0.6) is 17.2 Å². The highest BCUT2D eigenvalue weighted by Crippen LogP contribution is 2.36. The van der Waals surface area contributed by atoms with Gasteiger partial charge >= 0.3 is 0 Å². The van der Waals surface area contributed by atoms with Crippen molar-refractivity contribution >= 4 is 17.4 Å². The molecule has 0 aliphatic heterocycles. The van der Waals surface area contributed by atoms with Crippen LogP contribution in [0.15, 0.2) is 60.9 Å². The van der Waals surface area contributed by atoms with Crippen LogP contribution in [0, 0.1) is 5.82 Å². The largest absolute Gasteiger partial charge is 0.494 e. The molecular weight excluding hydrogens is 543 g/mol. The predicted octanol–water partition coefficient (Wildman–Crippen LogP) is 4.07. The summed E-state index contributed by atoms with van der Waals surface area (Å²) in [6.07, 6.45) is 2.88. The third kappa shape index (κ3) is 6.56. The van der Waals surface area contributed by atoms with Gasteiger partial charge in [0.15, 0.2) is 17.3 Å². The number of aliphatic hydroxyl groups is 2. The van der Waals surface area contributed by atoms with Crippen LogP contribution in [0.4, 0.5) is 4.39 Å². The molecule has 2 heterocycles. The van der Waals surface area contributed by atoms with Gasteiger partial charge in [0.05, 0.1) is 50.5 Å². The monoisotopic (exact) mass is 570 g/mol. The molecule has 0 aliphatic carbocycles. The van der Waals surface area contributed by atoms with E-state index < -0.39 is 11.4 Å². The number of pyridine rings is 1. The van der Waals surface area contributed by atoms with Gasteiger partial charge in [-0.3, -0.25) is 4.79 Å². The number of carbonyl (C=O) groups is 1. The minimum atomic E-state index is -1.67. The maximum Gasteiger partial charge on any atom is 0.163 e. The summed E-state index contributed by atoms with van der Waals surface area (Å²) in [6, 6.07) is 12.1. The Bertz CT molecular complexity index is 1470. The number of Topliss-reactive ketones (excluding diaryl/α,β-unsaturated/α-hetero) is 1. The summed E-state index contributed by atoms with van der Waals surface area (Å²) in [7, 11) is 2.92. The molecule has 0 bridgehead atoms. The third-order valence-electron chi connectivity index (χ3n) is 6.22. The van der Waals surface area contributed by atoms with Gasteiger partial charge in [-0.1, -0.05) is 11.6 Å². The van der Waals surface area contributed by atoms with E-state index in [4.69, 9.17) is 30.9 Å². The van der Waals surface area contributed by atoms with Crippen LogP contribution in [-0.2, 0) is 12.1 Å². The molecule has 2 aromatic carbocycles. The Morgan fingerprint density at radius 2 is 1.75 bits per heavy atom. The quantitative estimate of drug-likeness (QED) is 0.228. The zero-order chi connectivity index (χ0) is 28.7. The van der Waals surface area contributed by atoms with Crippen LogP contribution in [-0.4, -0.2) is 63.4 Å². The number of aromatic nitrogens is 4. The van der Waals surface area contributed by atoms with Crippen molar-refractivity contribution in [2.45, 2.75) is 25.0 Å². The molecule has 4 aromatic rings. The Kier molecular flexibility index (Phi) is 9.30. The Morgan fingerprint density at radius 3 is 2.42 bits per heavy atom. The van der Waals surface area contributed by atoms with Crippen LogP contribution < -0.4 is 14.2 Å². The fraction of sp³-hybridized carbons (Fsp3) is 0.286. The summed E-state index contributed by atoms with van der Waals surface area (Å²) >= 11 is 6.00. The molecule has 12 heteroatoms.